The SMILES string of the molecule is Cc1occc1C(=O)N1CCC(CO)(C(C)C)C1. The normalized spacial score (nSPS) is 23.9. The van der Waals surface area contributed by atoms with Crippen molar-refractivity contribution in [3.63, 3.8) is 0 Å². The molecule has 4 nitrogen and oxygen atoms in total. The summed E-state index contributed by atoms with van der Waals surface area (Å²) in [6.07, 6.45) is 2.41. The second kappa shape index (κ2) is 4.76. The van der Waals surface area contributed by atoms with Crippen molar-refractivity contribution in [2.24, 2.45) is 11.3 Å². The van der Waals surface area contributed by atoms with E-state index in [0.717, 1.165) is 6.42 Å². The standard InChI is InChI=1S/C14H21NO3/c1-10(2)14(9-16)5-6-15(8-14)13(17)12-4-7-18-11(12)3/h4,7,10,16H,5-6,8-9H2,1-3H3. The van der Waals surface area contributed by atoms with E-state index in [9.17, 15) is 9.90 Å². The van der Waals surface area contributed by atoms with Crippen LogP contribution < -0.4 is 0 Å². The Morgan fingerprint density at radius 2 is 2.33 bits per heavy atom. The second-order valence-electron chi connectivity index (χ2n) is 5.54. The van der Waals surface area contributed by atoms with E-state index >= 15 is 0 Å². The van der Waals surface area contributed by atoms with Gasteiger partial charge in [0.1, 0.15) is 5.76 Å². The minimum atomic E-state index is -0.146. The predicted octanol–water partition coefficient (Wildman–Crippen LogP) is 2.07. The number of amides is 1. The van der Waals surface area contributed by atoms with Crippen LogP contribution in [0.3, 0.4) is 0 Å². The fourth-order valence-corrected chi connectivity index (χ4v) is 2.63. The van der Waals surface area contributed by atoms with E-state index in [1.807, 2.05) is 4.90 Å². The maximum atomic E-state index is 12.3. The molecule has 0 aliphatic carbocycles. The van der Waals surface area contributed by atoms with Crippen LogP contribution in [0, 0.1) is 18.3 Å². The van der Waals surface area contributed by atoms with Crippen molar-refractivity contribution in [3.05, 3.63) is 23.7 Å². The number of furan rings is 1. The lowest BCUT2D eigenvalue weighted by Crippen LogP contribution is -2.37. The van der Waals surface area contributed by atoms with Crippen LogP contribution in [-0.4, -0.2) is 35.6 Å². The molecule has 1 N–H and O–H groups in total. The minimum absolute atomic E-state index is 0.0113. The van der Waals surface area contributed by atoms with Crippen LogP contribution in [0.2, 0.25) is 0 Å². The highest BCUT2D eigenvalue weighted by molar-refractivity contribution is 5.95. The quantitative estimate of drug-likeness (QED) is 0.894. The minimum Gasteiger partial charge on any atom is -0.469 e. The molecule has 1 fully saturated rings. The summed E-state index contributed by atoms with van der Waals surface area (Å²) in [6, 6.07) is 1.71. The molecule has 1 amide bonds. The number of carbonyl (C=O) groups excluding carboxylic acids is 1. The molecule has 0 radical (unpaired) electrons. The maximum absolute atomic E-state index is 12.3. The number of rotatable bonds is 3. The molecule has 1 aromatic rings. The van der Waals surface area contributed by atoms with Crippen LogP contribution in [0.1, 0.15) is 36.4 Å². The number of aliphatic hydroxyl groups excluding tert-OH is 1. The highest BCUT2D eigenvalue weighted by atomic mass is 16.3. The van der Waals surface area contributed by atoms with Crippen LogP contribution in [-0.2, 0) is 0 Å². The average molecular weight is 251 g/mol. The number of hydrogen-bond donors (Lipinski definition) is 1. The lowest BCUT2D eigenvalue weighted by molar-refractivity contribution is 0.0649. The highest BCUT2D eigenvalue weighted by Gasteiger charge is 2.42. The van der Waals surface area contributed by atoms with E-state index in [1.54, 1.807) is 19.3 Å². The van der Waals surface area contributed by atoms with E-state index in [0.29, 0.717) is 30.3 Å². The Labute approximate surface area is 108 Å². The van der Waals surface area contributed by atoms with Crippen molar-refractivity contribution < 1.29 is 14.3 Å². The van der Waals surface area contributed by atoms with E-state index in [-0.39, 0.29) is 17.9 Å². The number of likely N-dealkylation sites (tertiary alicyclic amines) is 1. The van der Waals surface area contributed by atoms with Gasteiger partial charge in [0.05, 0.1) is 18.4 Å². The molecule has 1 saturated heterocycles. The van der Waals surface area contributed by atoms with Gasteiger partial charge in [-0.1, -0.05) is 13.8 Å². The molecule has 1 aromatic heterocycles. The first kappa shape index (κ1) is 13.1. The van der Waals surface area contributed by atoms with Gasteiger partial charge in [0, 0.05) is 18.5 Å². The zero-order valence-electron chi connectivity index (χ0n) is 11.3. The van der Waals surface area contributed by atoms with Crippen LogP contribution in [0.5, 0.6) is 0 Å². The molecule has 0 spiro atoms. The molecule has 1 atom stereocenters. The summed E-state index contributed by atoms with van der Waals surface area (Å²) in [5.74, 6) is 1.04. The summed E-state index contributed by atoms with van der Waals surface area (Å²) >= 11 is 0. The van der Waals surface area contributed by atoms with E-state index in [2.05, 4.69) is 13.8 Å². The fourth-order valence-electron chi connectivity index (χ4n) is 2.63. The molecule has 0 aromatic carbocycles. The smallest absolute Gasteiger partial charge is 0.257 e. The first-order valence-corrected chi connectivity index (χ1v) is 6.44. The van der Waals surface area contributed by atoms with Crippen molar-refractivity contribution in [1.29, 1.82) is 0 Å². The summed E-state index contributed by atoms with van der Waals surface area (Å²) in [5.41, 5.74) is 0.486. The maximum Gasteiger partial charge on any atom is 0.257 e. The Kier molecular flexibility index (Phi) is 3.48. The molecule has 2 heterocycles. The van der Waals surface area contributed by atoms with Crippen LogP contribution in [0.4, 0.5) is 0 Å². The molecule has 18 heavy (non-hydrogen) atoms. The molecule has 0 bridgehead atoms. The molecule has 4 heteroatoms. The van der Waals surface area contributed by atoms with Crippen molar-refractivity contribution >= 4 is 5.91 Å². The van der Waals surface area contributed by atoms with Gasteiger partial charge >= 0.3 is 0 Å². The lowest BCUT2D eigenvalue weighted by atomic mass is 9.77. The van der Waals surface area contributed by atoms with E-state index in [4.69, 9.17) is 4.42 Å². The first-order valence-electron chi connectivity index (χ1n) is 6.44. The molecular formula is C14H21NO3. The molecule has 2 rings (SSSR count). The van der Waals surface area contributed by atoms with E-state index in [1.165, 1.54) is 0 Å². The number of hydrogen-bond acceptors (Lipinski definition) is 3. The van der Waals surface area contributed by atoms with Gasteiger partial charge in [-0.15, -0.1) is 0 Å². The van der Waals surface area contributed by atoms with Gasteiger partial charge < -0.3 is 14.4 Å². The van der Waals surface area contributed by atoms with Crippen molar-refractivity contribution in [1.82, 2.24) is 4.90 Å². The van der Waals surface area contributed by atoms with E-state index < -0.39 is 0 Å². The van der Waals surface area contributed by atoms with Crippen molar-refractivity contribution in [2.45, 2.75) is 27.2 Å². The Morgan fingerprint density at radius 1 is 1.61 bits per heavy atom. The third-order valence-corrected chi connectivity index (χ3v) is 4.30. The largest absolute Gasteiger partial charge is 0.469 e. The third kappa shape index (κ3) is 2.05. The molecule has 100 valence electrons. The molecule has 1 aliphatic rings. The summed E-state index contributed by atoms with van der Waals surface area (Å²) in [6.45, 7) is 7.48. The van der Waals surface area contributed by atoms with Gasteiger partial charge in [-0.3, -0.25) is 4.79 Å². The Morgan fingerprint density at radius 3 is 2.78 bits per heavy atom. The van der Waals surface area contributed by atoms with Gasteiger partial charge in [-0.05, 0) is 25.3 Å². The van der Waals surface area contributed by atoms with Crippen LogP contribution >= 0.6 is 0 Å². The Balaban J connectivity index is 2.14. The fraction of sp³-hybridized carbons (Fsp3) is 0.643. The molecule has 1 aliphatic heterocycles. The monoisotopic (exact) mass is 251 g/mol. The highest BCUT2D eigenvalue weighted by Crippen LogP contribution is 2.37. The number of carbonyl (C=O) groups is 1. The van der Waals surface area contributed by atoms with Crippen molar-refractivity contribution in [2.75, 3.05) is 19.7 Å². The molecule has 0 saturated carbocycles. The lowest BCUT2D eigenvalue weighted by Gasteiger charge is -2.31. The molecular weight excluding hydrogens is 230 g/mol. The third-order valence-electron chi connectivity index (χ3n) is 4.30. The second-order valence-corrected chi connectivity index (χ2v) is 5.54. The molecule has 1 unspecified atom stereocenters. The Hall–Kier alpha value is -1.29. The summed E-state index contributed by atoms with van der Waals surface area (Å²) in [5, 5.41) is 9.62. The van der Waals surface area contributed by atoms with Crippen LogP contribution in [0.25, 0.3) is 0 Å². The zero-order chi connectivity index (χ0) is 13.3. The van der Waals surface area contributed by atoms with Gasteiger partial charge in [-0.25, -0.2) is 0 Å². The van der Waals surface area contributed by atoms with Gasteiger partial charge in [0.2, 0.25) is 0 Å². The van der Waals surface area contributed by atoms with Crippen LogP contribution in [0.15, 0.2) is 16.7 Å². The number of aryl methyl sites for hydroxylation is 1. The zero-order valence-corrected chi connectivity index (χ0v) is 11.3. The predicted molar refractivity (Wildman–Crippen MR) is 68.3 cm³/mol. The topological polar surface area (TPSA) is 53.7 Å². The van der Waals surface area contributed by atoms with Gasteiger partial charge in [-0.2, -0.15) is 0 Å². The first-order chi connectivity index (χ1) is 8.50. The summed E-state index contributed by atoms with van der Waals surface area (Å²) < 4.78 is 5.17. The Bertz CT molecular complexity index is 438. The van der Waals surface area contributed by atoms with Gasteiger partial charge in [0.15, 0.2) is 0 Å². The van der Waals surface area contributed by atoms with Gasteiger partial charge in [0.25, 0.3) is 5.91 Å². The summed E-state index contributed by atoms with van der Waals surface area (Å²) in [4.78, 5) is 14.2. The average Bonchev–Trinajstić information content (AvgIpc) is 2.95. The number of nitrogens with zero attached hydrogens (tertiary/aromatic N) is 1. The number of aliphatic hydroxyl groups is 1. The van der Waals surface area contributed by atoms with Crippen molar-refractivity contribution in [3.8, 4) is 0 Å². The summed E-state index contributed by atoms with van der Waals surface area (Å²) in [7, 11) is 0.